The molecule has 0 amide bonds. The number of benzene rings is 6. The molecule has 0 saturated carbocycles. The van der Waals surface area contributed by atoms with Crippen LogP contribution in [-0.2, 0) is 0 Å². The summed E-state index contributed by atoms with van der Waals surface area (Å²) in [5.41, 5.74) is 6.21. The van der Waals surface area contributed by atoms with Crippen LogP contribution in [0.4, 0.5) is 0 Å². The fraction of sp³-hybridized carbons (Fsp3) is 0. The Bertz CT molecular complexity index is 2200. The van der Waals surface area contributed by atoms with Gasteiger partial charge in [-0.25, -0.2) is 15.0 Å². The molecule has 0 aliphatic heterocycles. The van der Waals surface area contributed by atoms with Gasteiger partial charge in [0, 0.05) is 43.0 Å². The highest BCUT2D eigenvalue weighted by molar-refractivity contribution is 9.10. The Hall–Kier alpha value is -5.13. The van der Waals surface area contributed by atoms with E-state index in [0.717, 1.165) is 32.4 Å². The summed E-state index contributed by atoms with van der Waals surface area (Å²) in [6.45, 7) is 0. The zero-order chi connectivity index (χ0) is 28.0. The van der Waals surface area contributed by atoms with E-state index >= 15 is 0 Å². The van der Waals surface area contributed by atoms with E-state index in [1.54, 1.807) is 0 Å². The molecular formula is C37H23BrN4. The monoisotopic (exact) mass is 602 g/mol. The zero-order valence-corrected chi connectivity index (χ0v) is 24.0. The second-order valence-corrected chi connectivity index (χ2v) is 11.2. The van der Waals surface area contributed by atoms with Crippen LogP contribution in [0.1, 0.15) is 0 Å². The molecular weight excluding hydrogens is 580 g/mol. The Balaban J connectivity index is 1.38. The van der Waals surface area contributed by atoms with Crippen LogP contribution in [0.25, 0.3) is 72.4 Å². The molecule has 0 saturated heterocycles. The predicted octanol–water partition coefficient (Wildman–Crippen LogP) is 9.89. The van der Waals surface area contributed by atoms with E-state index in [-0.39, 0.29) is 0 Å². The minimum Gasteiger partial charge on any atom is -0.309 e. The molecule has 0 bridgehead atoms. The van der Waals surface area contributed by atoms with E-state index in [1.165, 1.54) is 27.1 Å². The van der Waals surface area contributed by atoms with Crippen molar-refractivity contribution in [2.75, 3.05) is 0 Å². The minimum atomic E-state index is 0.637. The average molecular weight is 604 g/mol. The molecule has 0 atom stereocenters. The number of nitrogens with zero attached hydrogens (tertiary/aromatic N) is 4. The number of rotatable bonds is 4. The molecule has 8 rings (SSSR count). The van der Waals surface area contributed by atoms with Crippen molar-refractivity contribution >= 4 is 48.5 Å². The molecule has 0 aliphatic carbocycles. The maximum Gasteiger partial charge on any atom is 0.164 e. The number of hydrogen-bond acceptors (Lipinski definition) is 3. The first-order chi connectivity index (χ1) is 20.7. The molecule has 0 aliphatic rings. The van der Waals surface area contributed by atoms with Gasteiger partial charge >= 0.3 is 0 Å². The Labute approximate surface area is 251 Å². The molecule has 0 spiro atoms. The SMILES string of the molecule is Brc1ccc2c(c1)c1ccc3ccccc3c1n2-c1cccc(-c2nc(-c3ccccc3)nc(-c3ccccc3)n2)c1. The van der Waals surface area contributed by atoms with Crippen LogP contribution >= 0.6 is 15.9 Å². The summed E-state index contributed by atoms with van der Waals surface area (Å²) in [6.07, 6.45) is 0. The van der Waals surface area contributed by atoms with Gasteiger partial charge in [0.15, 0.2) is 17.5 Å². The standard InChI is InChI=1S/C37H23BrN4/c38-28-19-21-33-32(23-28)31-20-18-24-10-7-8-17-30(24)34(31)42(33)29-16-9-15-27(22-29)37-40-35(25-11-3-1-4-12-25)39-36(41-37)26-13-5-2-6-14-26/h1-23H. The van der Waals surface area contributed by atoms with Crippen molar-refractivity contribution < 1.29 is 0 Å². The van der Waals surface area contributed by atoms with E-state index in [4.69, 9.17) is 15.0 Å². The van der Waals surface area contributed by atoms with E-state index in [9.17, 15) is 0 Å². The van der Waals surface area contributed by atoms with Gasteiger partial charge in [-0.15, -0.1) is 0 Å². The van der Waals surface area contributed by atoms with Gasteiger partial charge in [-0.1, -0.05) is 125 Å². The molecule has 0 radical (unpaired) electrons. The molecule has 5 heteroatoms. The van der Waals surface area contributed by atoms with Crippen molar-refractivity contribution in [3.63, 3.8) is 0 Å². The first kappa shape index (κ1) is 24.6. The quantitative estimate of drug-likeness (QED) is 0.201. The summed E-state index contributed by atoms with van der Waals surface area (Å²) in [7, 11) is 0. The van der Waals surface area contributed by atoms with Crippen molar-refractivity contribution in [3.8, 4) is 39.9 Å². The lowest BCUT2D eigenvalue weighted by atomic mass is 10.1. The number of fused-ring (bicyclic) bond motifs is 5. The van der Waals surface area contributed by atoms with E-state index in [0.29, 0.717) is 17.5 Å². The maximum atomic E-state index is 4.97. The Kier molecular flexibility index (Phi) is 5.90. The molecule has 0 N–H and O–H groups in total. The molecule has 6 aromatic carbocycles. The van der Waals surface area contributed by atoms with Crippen molar-refractivity contribution in [2.24, 2.45) is 0 Å². The van der Waals surface area contributed by atoms with Crippen LogP contribution < -0.4 is 0 Å². The summed E-state index contributed by atoms with van der Waals surface area (Å²) in [4.78, 5) is 14.8. The number of halogens is 1. The smallest absolute Gasteiger partial charge is 0.164 e. The first-order valence-electron chi connectivity index (χ1n) is 13.8. The first-order valence-corrected chi connectivity index (χ1v) is 14.6. The van der Waals surface area contributed by atoms with Gasteiger partial charge in [-0.3, -0.25) is 0 Å². The summed E-state index contributed by atoms with van der Waals surface area (Å²) < 4.78 is 3.42. The second-order valence-electron chi connectivity index (χ2n) is 10.3. The van der Waals surface area contributed by atoms with Gasteiger partial charge in [0.2, 0.25) is 0 Å². The van der Waals surface area contributed by atoms with Crippen LogP contribution in [0.15, 0.2) is 144 Å². The third kappa shape index (κ3) is 4.18. The third-order valence-corrected chi connectivity index (χ3v) is 8.17. The summed E-state index contributed by atoms with van der Waals surface area (Å²) in [5, 5.41) is 4.84. The lowest BCUT2D eigenvalue weighted by molar-refractivity contribution is 1.07. The molecule has 4 nitrogen and oxygen atoms in total. The highest BCUT2D eigenvalue weighted by atomic mass is 79.9. The number of aromatic nitrogens is 4. The summed E-state index contributed by atoms with van der Waals surface area (Å²) in [5.74, 6) is 1.94. The predicted molar refractivity (Wildman–Crippen MR) is 176 cm³/mol. The zero-order valence-electron chi connectivity index (χ0n) is 22.4. The number of hydrogen-bond donors (Lipinski definition) is 0. The summed E-state index contributed by atoms with van der Waals surface area (Å²) >= 11 is 3.70. The van der Waals surface area contributed by atoms with Gasteiger partial charge in [-0.2, -0.15) is 0 Å². The van der Waals surface area contributed by atoms with Gasteiger partial charge in [0.05, 0.1) is 11.0 Å². The van der Waals surface area contributed by atoms with E-state index in [1.807, 2.05) is 60.7 Å². The van der Waals surface area contributed by atoms with Crippen LogP contribution in [0.3, 0.4) is 0 Å². The largest absolute Gasteiger partial charge is 0.309 e. The van der Waals surface area contributed by atoms with E-state index < -0.39 is 0 Å². The fourth-order valence-electron chi connectivity index (χ4n) is 5.74. The third-order valence-electron chi connectivity index (χ3n) is 7.68. The lowest BCUT2D eigenvalue weighted by Crippen LogP contribution is -2.01. The normalized spacial score (nSPS) is 11.5. The highest BCUT2D eigenvalue weighted by Crippen LogP contribution is 2.38. The van der Waals surface area contributed by atoms with Gasteiger partial charge in [0.1, 0.15) is 0 Å². The summed E-state index contributed by atoms with van der Waals surface area (Å²) in [6, 6.07) is 48.2. The highest BCUT2D eigenvalue weighted by Gasteiger charge is 2.17. The van der Waals surface area contributed by atoms with Crippen molar-refractivity contribution in [1.82, 2.24) is 19.5 Å². The van der Waals surface area contributed by atoms with Crippen molar-refractivity contribution in [2.45, 2.75) is 0 Å². The molecule has 42 heavy (non-hydrogen) atoms. The van der Waals surface area contributed by atoms with Gasteiger partial charge in [-0.05, 0) is 35.7 Å². The maximum absolute atomic E-state index is 4.97. The van der Waals surface area contributed by atoms with Crippen LogP contribution in [0.5, 0.6) is 0 Å². The molecule has 2 aromatic heterocycles. The molecule has 0 fully saturated rings. The Morgan fingerprint density at radius 1 is 0.452 bits per heavy atom. The molecule has 2 heterocycles. The van der Waals surface area contributed by atoms with E-state index in [2.05, 4.69) is 99.4 Å². The average Bonchev–Trinajstić information content (AvgIpc) is 3.39. The van der Waals surface area contributed by atoms with Gasteiger partial charge < -0.3 is 4.57 Å². The topological polar surface area (TPSA) is 43.6 Å². The van der Waals surface area contributed by atoms with Crippen molar-refractivity contribution in [1.29, 1.82) is 0 Å². The Morgan fingerprint density at radius 2 is 1.07 bits per heavy atom. The molecule has 198 valence electrons. The van der Waals surface area contributed by atoms with Crippen LogP contribution in [-0.4, -0.2) is 19.5 Å². The minimum absolute atomic E-state index is 0.637. The second kappa shape index (κ2) is 10.1. The lowest BCUT2D eigenvalue weighted by Gasteiger charge is -2.12. The molecule has 0 unspecified atom stereocenters. The van der Waals surface area contributed by atoms with Crippen LogP contribution in [0, 0.1) is 0 Å². The molecule has 8 aromatic rings. The Morgan fingerprint density at radius 3 is 1.79 bits per heavy atom. The fourth-order valence-corrected chi connectivity index (χ4v) is 6.10. The van der Waals surface area contributed by atoms with Crippen molar-refractivity contribution in [3.05, 3.63) is 144 Å². The van der Waals surface area contributed by atoms with Gasteiger partial charge in [0.25, 0.3) is 0 Å². The van der Waals surface area contributed by atoms with Crippen LogP contribution in [0.2, 0.25) is 0 Å².